The quantitative estimate of drug-likeness (QED) is 0.152. The minimum absolute atomic E-state index is 0.819. The Labute approximate surface area is 383 Å². The number of nitrogens with zero attached hydrogens (tertiary/aromatic N) is 2. The second-order valence-electron chi connectivity index (χ2n) is 16.8. The van der Waals surface area contributed by atoms with Crippen LogP contribution in [0.15, 0.2) is 182 Å². The van der Waals surface area contributed by atoms with Crippen LogP contribution in [0.2, 0.25) is 0 Å². The Bertz CT molecular complexity index is 3570. The first-order valence-electron chi connectivity index (χ1n) is 22.2. The molecule has 0 bridgehead atoms. The van der Waals surface area contributed by atoms with Gasteiger partial charge in [0, 0.05) is 88.2 Å². The van der Waals surface area contributed by atoms with Gasteiger partial charge in [-0.05, 0) is 153 Å². The average molecular weight is 857 g/mol. The number of hydrogen-bond acceptors (Lipinski definition) is 5. The van der Waals surface area contributed by atoms with E-state index in [0.29, 0.717) is 0 Å². The molecule has 0 unspecified atom stereocenters. The van der Waals surface area contributed by atoms with Crippen molar-refractivity contribution in [2.45, 2.75) is 27.7 Å². The number of thiophene rings is 1. The van der Waals surface area contributed by atoms with Gasteiger partial charge in [0.25, 0.3) is 0 Å². The van der Waals surface area contributed by atoms with Gasteiger partial charge in [0.1, 0.15) is 23.0 Å². The predicted octanol–water partition coefficient (Wildman–Crippen LogP) is 18.4. The first-order valence-corrected chi connectivity index (χ1v) is 23.0. The Balaban J connectivity index is 0.989. The first-order chi connectivity index (χ1) is 32.0. The van der Waals surface area contributed by atoms with E-state index in [1.54, 1.807) is 0 Å². The normalized spacial score (nSPS) is 12.4. The summed E-state index contributed by atoms with van der Waals surface area (Å²) in [6.07, 6.45) is 8.73. The molecule has 0 aliphatic carbocycles. The van der Waals surface area contributed by atoms with Gasteiger partial charge < -0.3 is 19.3 Å². The Hall–Kier alpha value is -7.86. The van der Waals surface area contributed by atoms with E-state index in [2.05, 4.69) is 232 Å². The second-order valence-corrected chi connectivity index (χ2v) is 17.9. The predicted molar refractivity (Wildman–Crippen MR) is 276 cm³/mol. The van der Waals surface area contributed by atoms with E-state index in [1.165, 1.54) is 42.4 Å². The fourth-order valence-corrected chi connectivity index (χ4v) is 11.1. The van der Waals surface area contributed by atoms with E-state index < -0.39 is 0 Å². The van der Waals surface area contributed by atoms with E-state index in [9.17, 15) is 0 Å². The van der Waals surface area contributed by atoms with Gasteiger partial charge in [0.15, 0.2) is 0 Å². The van der Waals surface area contributed by atoms with Crippen LogP contribution >= 0.6 is 11.3 Å². The van der Waals surface area contributed by atoms with Gasteiger partial charge in [-0.3, -0.25) is 0 Å². The number of ether oxygens (including phenoxy) is 2. The summed E-state index contributed by atoms with van der Waals surface area (Å²) in [5, 5.41) is 4.70. The van der Waals surface area contributed by atoms with Gasteiger partial charge in [-0.25, -0.2) is 0 Å². The summed E-state index contributed by atoms with van der Waals surface area (Å²) < 4.78 is 16.4. The van der Waals surface area contributed by atoms with Crippen LogP contribution in [0.1, 0.15) is 36.1 Å². The van der Waals surface area contributed by atoms with Crippen molar-refractivity contribution in [3.05, 3.63) is 204 Å². The lowest BCUT2D eigenvalue weighted by Crippen LogP contribution is -2.13. The number of para-hydroxylation sites is 2. The Morgan fingerprint density at radius 3 is 1.55 bits per heavy atom. The fourth-order valence-electron chi connectivity index (χ4n) is 9.94. The summed E-state index contributed by atoms with van der Waals surface area (Å²) in [7, 11) is 0. The number of rotatable bonds is 8. The summed E-state index contributed by atoms with van der Waals surface area (Å²) in [6.45, 7) is 8.65. The number of hydrogen-bond donors (Lipinski definition) is 0. The van der Waals surface area contributed by atoms with E-state index >= 15 is 0 Å². The molecule has 4 nitrogen and oxygen atoms in total. The molecular formula is C60H44N2O2S. The largest absolute Gasteiger partial charge is 0.456 e. The molecule has 0 saturated carbocycles. The molecule has 0 amide bonds. The molecule has 3 heterocycles. The number of benzene rings is 9. The molecule has 5 heteroatoms. The Morgan fingerprint density at radius 2 is 0.938 bits per heavy atom. The van der Waals surface area contributed by atoms with Crippen LogP contribution in [0.25, 0.3) is 65.4 Å². The van der Waals surface area contributed by atoms with Crippen molar-refractivity contribution in [1.82, 2.24) is 0 Å². The van der Waals surface area contributed by atoms with Gasteiger partial charge in [0.2, 0.25) is 0 Å². The number of allylic oxidation sites excluding steroid dienone is 2. The molecular weight excluding hydrogens is 813 g/mol. The molecule has 0 radical (unpaired) electrons. The number of anilines is 6. The molecule has 0 atom stereocenters. The zero-order valence-electron chi connectivity index (χ0n) is 36.6. The lowest BCUT2D eigenvalue weighted by Gasteiger charge is -2.31. The highest BCUT2D eigenvalue weighted by atomic mass is 32.1. The molecule has 0 spiro atoms. The van der Waals surface area contributed by atoms with Crippen LogP contribution in [-0.2, 0) is 0 Å². The zero-order chi connectivity index (χ0) is 43.8. The van der Waals surface area contributed by atoms with Crippen LogP contribution in [0.3, 0.4) is 0 Å². The molecule has 0 saturated heterocycles. The monoisotopic (exact) mass is 856 g/mol. The van der Waals surface area contributed by atoms with Gasteiger partial charge in [-0.2, -0.15) is 0 Å². The molecule has 2 aliphatic heterocycles. The Morgan fingerprint density at radius 1 is 0.415 bits per heavy atom. The maximum atomic E-state index is 7.01. The topological polar surface area (TPSA) is 24.9 Å². The molecule has 10 aromatic rings. The van der Waals surface area contributed by atoms with E-state index in [-0.39, 0.29) is 0 Å². The summed E-state index contributed by atoms with van der Waals surface area (Å²) in [5.41, 5.74) is 15.7. The molecule has 12 rings (SSSR count). The summed E-state index contributed by atoms with van der Waals surface area (Å²) >= 11 is 1.84. The summed E-state index contributed by atoms with van der Waals surface area (Å²) in [6, 6.07) is 60.8. The van der Waals surface area contributed by atoms with Crippen molar-refractivity contribution in [2.24, 2.45) is 0 Å². The molecule has 0 fully saturated rings. The van der Waals surface area contributed by atoms with Crippen LogP contribution in [0.4, 0.5) is 34.1 Å². The number of fused-ring (bicyclic) bond motifs is 7. The molecule has 2 aliphatic rings. The lowest BCUT2D eigenvalue weighted by atomic mass is 9.88. The smallest absolute Gasteiger partial charge is 0.137 e. The van der Waals surface area contributed by atoms with Crippen LogP contribution < -0.4 is 19.3 Å². The van der Waals surface area contributed by atoms with E-state index in [0.717, 1.165) is 90.1 Å². The minimum atomic E-state index is 0.819. The van der Waals surface area contributed by atoms with Gasteiger partial charge >= 0.3 is 0 Å². The van der Waals surface area contributed by atoms with Crippen molar-refractivity contribution in [3.8, 4) is 45.3 Å². The standard InChI is InChI=1S/C60H44N2O2S/c1-5-15-39-33-52(45(16-6-2)38(4)37(39)3)62(44-25-28-49-48-21-13-14-22-57(48)65-58(49)36-44)43-24-27-47-51-30-31-53-59-50(29-32-54(60(51)59)64-56(47)35-43)46-26-23-42(34-55(46)63-53)61(40-17-9-7-10-18-40)41-19-11-8-12-20-41/h5-36H,1-4H3/b15-5-,16-6-. The van der Waals surface area contributed by atoms with Crippen LogP contribution in [-0.4, -0.2) is 0 Å². The van der Waals surface area contributed by atoms with E-state index in [4.69, 9.17) is 9.47 Å². The van der Waals surface area contributed by atoms with E-state index in [1.807, 2.05) is 11.3 Å². The van der Waals surface area contributed by atoms with Crippen molar-refractivity contribution >= 4 is 88.6 Å². The average Bonchev–Trinajstić information content (AvgIpc) is 3.72. The highest BCUT2D eigenvalue weighted by Crippen LogP contribution is 2.57. The van der Waals surface area contributed by atoms with Gasteiger partial charge in [-0.1, -0.05) is 85.0 Å². The van der Waals surface area contributed by atoms with Gasteiger partial charge in [-0.15, -0.1) is 11.3 Å². The van der Waals surface area contributed by atoms with Crippen molar-refractivity contribution in [2.75, 3.05) is 9.80 Å². The third-order valence-electron chi connectivity index (χ3n) is 13.1. The second kappa shape index (κ2) is 15.4. The minimum Gasteiger partial charge on any atom is -0.456 e. The lowest BCUT2D eigenvalue weighted by molar-refractivity contribution is 0.480. The molecule has 1 aromatic heterocycles. The van der Waals surface area contributed by atoms with Crippen LogP contribution in [0, 0.1) is 13.8 Å². The van der Waals surface area contributed by atoms with Crippen molar-refractivity contribution in [1.29, 1.82) is 0 Å². The SMILES string of the molecule is C/C=C\c1cc(N(c2ccc3c(c2)Oc2ccc4c5c(ccc-3c25)Oc2cc(N(c3ccccc3)c3ccccc3)ccc2-4)c2ccc3c(c2)sc2ccccc23)c(/C=C\C)c(C)c1C. The third-order valence-corrected chi connectivity index (χ3v) is 14.2. The highest BCUT2D eigenvalue weighted by molar-refractivity contribution is 7.25. The Kier molecular flexibility index (Phi) is 9.21. The van der Waals surface area contributed by atoms with Crippen molar-refractivity contribution < 1.29 is 9.47 Å². The van der Waals surface area contributed by atoms with Crippen molar-refractivity contribution in [3.63, 3.8) is 0 Å². The maximum Gasteiger partial charge on any atom is 0.137 e. The zero-order valence-corrected chi connectivity index (χ0v) is 37.4. The molecule has 65 heavy (non-hydrogen) atoms. The summed E-state index contributed by atoms with van der Waals surface area (Å²) in [5.74, 6) is 3.29. The van der Waals surface area contributed by atoms with Crippen LogP contribution in [0.5, 0.6) is 23.0 Å². The molecule has 0 N–H and O–H groups in total. The molecule has 9 aromatic carbocycles. The van der Waals surface area contributed by atoms with Gasteiger partial charge in [0.05, 0.1) is 5.69 Å². The summed E-state index contributed by atoms with van der Waals surface area (Å²) in [4.78, 5) is 4.68. The first kappa shape index (κ1) is 38.8. The fraction of sp³-hybridized carbons (Fsp3) is 0.0667. The third kappa shape index (κ3) is 6.26. The highest BCUT2D eigenvalue weighted by Gasteiger charge is 2.30. The molecule has 312 valence electrons. The maximum absolute atomic E-state index is 7.01.